The number of ether oxygens (including phenoxy) is 2. The molecule has 0 saturated heterocycles. The normalized spacial score (nSPS) is 15.5. The number of benzene rings is 6. The fourth-order valence-electron chi connectivity index (χ4n) is 7.04. The van der Waals surface area contributed by atoms with E-state index in [0.29, 0.717) is 19.1 Å². The molecule has 1 aliphatic carbocycles. The molecule has 1 heterocycles. The van der Waals surface area contributed by atoms with Gasteiger partial charge >= 0.3 is 0 Å². The van der Waals surface area contributed by atoms with Gasteiger partial charge in [-0.15, -0.1) is 0 Å². The van der Waals surface area contributed by atoms with E-state index in [1.807, 2.05) is 0 Å². The molecule has 0 atom stereocenters. The van der Waals surface area contributed by atoms with Crippen LogP contribution in [0.5, 0.6) is 11.5 Å². The summed E-state index contributed by atoms with van der Waals surface area (Å²) in [5, 5.41) is 4.74. The summed E-state index contributed by atoms with van der Waals surface area (Å²) in [6.45, 7) is 1.09. The molecule has 1 radical (unpaired) electrons. The molecule has 6 aromatic carbocycles. The third-order valence-corrected chi connectivity index (χ3v) is 9.45. The Kier molecular flexibility index (Phi) is 8.27. The zero-order valence-corrected chi connectivity index (χ0v) is 27.4. The van der Waals surface area contributed by atoms with E-state index in [4.69, 9.17) is 9.47 Å². The maximum Gasteiger partial charge on any atom is 0.127 e. The zero-order valence-electron chi connectivity index (χ0n) is 24.7. The van der Waals surface area contributed by atoms with Crippen molar-refractivity contribution in [3.8, 4) is 33.8 Å². The predicted octanol–water partition coefficient (Wildman–Crippen LogP) is 10.7. The van der Waals surface area contributed by atoms with E-state index < -0.39 is 0 Å². The molecule has 1 fully saturated rings. The van der Waals surface area contributed by atoms with E-state index in [2.05, 4.69) is 128 Å². The summed E-state index contributed by atoms with van der Waals surface area (Å²) < 4.78 is 13.4. The van der Waals surface area contributed by atoms with E-state index in [1.165, 1.54) is 69.5 Å². The molecule has 0 amide bonds. The standard InChI is InChI=1S/C41H35O2.Re/c1-2-8-28(9-3-1)29-14-16-30(17-15-29)31-18-20-32(21-19-31)35-26-42-38-24-22-33-10-4-6-12-36(33)40(38)41-37-13-7-5-11-34(37)23-25-39(41)43-27-35;/h1,4-7,10-25,28,35H,2-3,8-9,26-27H2;/q-1;. The first kappa shape index (κ1) is 28.8. The van der Waals surface area contributed by atoms with Crippen LogP contribution in [0.1, 0.15) is 48.6 Å². The molecule has 44 heavy (non-hydrogen) atoms. The van der Waals surface area contributed by atoms with Crippen LogP contribution in [-0.4, -0.2) is 13.2 Å². The molecule has 0 unspecified atom stereocenters. The summed E-state index contributed by atoms with van der Waals surface area (Å²) >= 11 is 0. The molecule has 6 aromatic rings. The van der Waals surface area contributed by atoms with Crippen molar-refractivity contribution in [1.29, 1.82) is 0 Å². The summed E-state index contributed by atoms with van der Waals surface area (Å²) in [4.78, 5) is 0. The molecule has 219 valence electrons. The average Bonchev–Trinajstić information content (AvgIpc) is 3.17. The van der Waals surface area contributed by atoms with Crippen LogP contribution in [0.3, 0.4) is 0 Å². The van der Waals surface area contributed by atoms with Gasteiger partial charge in [-0.05, 0) is 61.8 Å². The minimum atomic E-state index is 0. The molecule has 1 saturated carbocycles. The van der Waals surface area contributed by atoms with Crippen LogP contribution >= 0.6 is 0 Å². The monoisotopic (exact) mass is 746 g/mol. The van der Waals surface area contributed by atoms with Crippen LogP contribution in [0.25, 0.3) is 43.8 Å². The van der Waals surface area contributed by atoms with Gasteiger partial charge in [0, 0.05) is 31.5 Å². The molecule has 2 nitrogen and oxygen atoms in total. The largest absolute Gasteiger partial charge is 0.492 e. The number of fused-ring (bicyclic) bond motifs is 7. The predicted molar refractivity (Wildman–Crippen MR) is 178 cm³/mol. The second-order valence-corrected chi connectivity index (χ2v) is 12.0. The Hall–Kier alpha value is -3.90. The maximum atomic E-state index is 6.69. The number of hydrogen-bond acceptors (Lipinski definition) is 2. The number of hydrogen-bond donors (Lipinski definition) is 0. The van der Waals surface area contributed by atoms with Gasteiger partial charge in [0.25, 0.3) is 0 Å². The van der Waals surface area contributed by atoms with Crippen LogP contribution in [0.15, 0.2) is 121 Å². The van der Waals surface area contributed by atoms with Crippen molar-refractivity contribution in [2.45, 2.75) is 37.5 Å². The second-order valence-electron chi connectivity index (χ2n) is 12.0. The van der Waals surface area contributed by atoms with E-state index in [9.17, 15) is 0 Å². The van der Waals surface area contributed by atoms with Crippen molar-refractivity contribution in [2.75, 3.05) is 13.2 Å². The van der Waals surface area contributed by atoms with Gasteiger partial charge in [-0.2, -0.15) is 12.8 Å². The van der Waals surface area contributed by atoms with Gasteiger partial charge in [-0.25, -0.2) is 0 Å². The van der Waals surface area contributed by atoms with Crippen LogP contribution < -0.4 is 9.47 Å². The fourth-order valence-corrected chi connectivity index (χ4v) is 7.04. The molecule has 2 aliphatic rings. The third-order valence-electron chi connectivity index (χ3n) is 9.45. The third kappa shape index (κ3) is 5.45. The van der Waals surface area contributed by atoms with Crippen molar-refractivity contribution in [1.82, 2.24) is 0 Å². The first-order chi connectivity index (χ1) is 21.3. The van der Waals surface area contributed by atoms with Crippen molar-refractivity contribution < 1.29 is 29.9 Å². The van der Waals surface area contributed by atoms with Crippen LogP contribution in [0.2, 0.25) is 0 Å². The van der Waals surface area contributed by atoms with Gasteiger partial charge in [0.2, 0.25) is 0 Å². The molecular weight excluding hydrogens is 711 g/mol. The zero-order chi connectivity index (χ0) is 28.6. The Balaban J connectivity index is 0.00000312. The molecule has 0 spiro atoms. The van der Waals surface area contributed by atoms with E-state index in [0.717, 1.165) is 22.6 Å². The fraction of sp³-hybridized carbons (Fsp3) is 0.195. The number of rotatable bonds is 3. The molecule has 0 N–H and O–H groups in total. The smallest absolute Gasteiger partial charge is 0.127 e. The summed E-state index contributed by atoms with van der Waals surface area (Å²) in [7, 11) is 0. The first-order valence-corrected chi connectivity index (χ1v) is 15.6. The van der Waals surface area contributed by atoms with Gasteiger partial charge in [0.1, 0.15) is 11.5 Å². The van der Waals surface area contributed by atoms with E-state index >= 15 is 0 Å². The van der Waals surface area contributed by atoms with E-state index in [-0.39, 0.29) is 26.3 Å². The summed E-state index contributed by atoms with van der Waals surface area (Å²) in [5.74, 6) is 2.60. The Morgan fingerprint density at radius 1 is 0.477 bits per heavy atom. The quantitative estimate of drug-likeness (QED) is 0.168. The van der Waals surface area contributed by atoms with E-state index in [1.54, 1.807) is 0 Å². The summed E-state index contributed by atoms with van der Waals surface area (Å²) in [5.41, 5.74) is 7.43. The average molecular weight is 746 g/mol. The summed E-state index contributed by atoms with van der Waals surface area (Å²) in [6.07, 6.45) is 7.48. The van der Waals surface area contributed by atoms with Crippen molar-refractivity contribution in [3.63, 3.8) is 0 Å². The first-order valence-electron chi connectivity index (χ1n) is 15.6. The van der Waals surface area contributed by atoms with Gasteiger partial charge in [-0.1, -0.05) is 122 Å². The van der Waals surface area contributed by atoms with Gasteiger partial charge < -0.3 is 15.9 Å². The second kappa shape index (κ2) is 12.6. The summed E-state index contributed by atoms with van der Waals surface area (Å²) in [6, 6.07) is 43.9. The Labute approximate surface area is 273 Å². The van der Waals surface area contributed by atoms with Crippen LogP contribution in [0.4, 0.5) is 0 Å². The minimum absolute atomic E-state index is 0. The Bertz CT molecular complexity index is 1810. The van der Waals surface area contributed by atoms with Crippen LogP contribution in [-0.2, 0) is 20.4 Å². The molecule has 0 bridgehead atoms. The van der Waals surface area contributed by atoms with Crippen LogP contribution in [0, 0.1) is 6.42 Å². The Morgan fingerprint density at radius 2 is 0.932 bits per heavy atom. The van der Waals surface area contributed by atoms with Crippen molar-refractivity contribution >= 4 is 21.5 Å². The van der Waals surface area contributed by atoms with Gasteiger partial charge in [0.15, 0.2) is 0 Å². The molecular formula is C41H35O2Re-. The van der Waals surface area contributed by atoms with Crippen molar-refractivity contribution in [2.24, 2.45) is 0 Å². The molecule has 8 rings (SSSR count). The molecule has 3 heteroatoms. The topological polar surface area (TPSA) is 18.5 Å². The van der Waals surface area contributed by atoms with Gasteiger partial charge in [0.05, 0.1) is 19.1 Å². The molecule has 1 aliphatic heterocycles. The molecule has 0 aromatic heterocycles. The maximum absolute atomic E-state index is 6.69. The Morgan fingerprint density at radius 3 is 1.43 bits per heavy atom. The van der Waals surface area contributed by atoms with Gasteiger partial charge in [-0.3, -0.25) is 0 Å². The SMILES string of the molecule is [Re].c1ccc2c3c(ccc2c1)OCC(c1ccc(-c2ccc(C4CC[CH-]CC4)cc2)cc1)COc1ccc2ccccc2c1-3. The van der Waals surface area contributed by atoms with Crippen molar-refractivity contribution in [3.05, 3.63) is 139 Å². The minimum Gasteiger partial charge on any atom is -0.492 e.